The fourth-order valence-corrected chi connectivity index (χ4v) is 3.63. The summed E-state index contributed by atoms with van der Waals surface area (Å²) < 4.78 is 18.7. The molecule has 1 aromatic carbocycles. The predicted molar refractivity (Wildman–Crippen MR) is 112 cm³/mol. The van der Waals surface area contributed by atoms with E-state index in [1.54, 1.807) is 42.3 Å². The summed E-state index contributed by atoms with van der Waals surface area (Å²) in [5.41, 5.74) is 1.39. The molecule has 164 valence electrons. The highest BCUT2D eigenvalue weighted by atomic mass is 16.6. The molecule has 0 bridgehead atoms. The predicted octanol–water partition coefficient (Wildman–Crippen LogP) is 1.78. The van der Waals surface area contributed by atoms with Gasteiger partial charge in [0.25, 0.3) is 5.91 Å². The molecule has 1 saturated heterocycles. The summed E-state index contributed by atoms with van der Waals surface area (Å²) >= 11 is 0. The second-order valence-electron chi connectivity index (χ2n) is 7.16. The Hall–Kier alpha value is -2.92. The molecular weight excluding hydrogens is 402 g/mol. The number of aliphatic hydroxyl groups excluding tert-OH is 1. The number of imidazole rings is 1. The quantitative estimate of drug-likeness (QED) is 0.522. The molecule has 0 spiro atoms. The van der Waals surface area contributed by atoms with Gasteiger partial charge in [-0.2, -0.15) is 0 Å². The van der Waals surface area contributed by atoms with Gasteiger partial charge < -0.3 is 24.6 Å². The van der Waals surface area contributed by atoms with Crippen LogP contribution in [0.15, 0.2) is 43.0 Å². The van der Waals surface area contributed by atoms with Crippen molar-refractivity contribution in [3.05, 3.63) is 48.5 Å². The number of carbonyl (C=O) groups excluding carboxylic acids is 1. The SMILES string of the molecule is CC[C@H]1O[C@@H](n2cnc3c(NC(=O)c4ccccc4)ncnc32)[C@@H](OCCOC)C1O. The van der Waals surface area contributed by atoms with E-state index in [2.05, 4.69) is 20.3 Å². The number of nitrogens with zero attached hydrogens (tertiary/aromatic N) is 4. The third-order valence-electron chi connectivity index (χ3n) is 5.21. The number of hydrogen-bond donors (Lipinski definition) is 2. The van der Waals surface area contributed by atoms with Crippen LogP contribution in [0.5, 0.6) is 0 Å². The molecule has 3 heterocycles. The minimum Gasteiger partial charge on any atom is -0.388 e. The number of aromatic nitrogens is 4. The van der Waals surface area contributed by atoms with E-state index < -0.39 is 18.4 Å². The maximum Gasteiger partial charge on any atom is 0.256 e. The summed E-state index contributed by atoms with van der Waals surface area (Å²) in [4.78, 5) is 25.5. The molecule has 31 heavy (non-hydrogen) atoms. The van der Waals surface area contributed by atoms with Crippen molar-refractivity contribution in [3.8, 4) is 0 Å². The fourth-order valence-electron chi connectivity index (χ4n) is 3.63. The van der Waals surface area contributed by atoms with Crippen molar-refractivity contribution < 1.29 is 24.1 Å². The first-order chi connectivity index (χ1) is 15.1. The van der Waals surface area contributed by atoms with Crippen molar-refractivity contribution in [3.63, 3.8) is 0 Å². The van der Waals surface area contributed by atoms with Gasteiger partial charge in [-0.25, -0.2) is 15.0 Å². The number of benzene rings is 1. The summed E-state index contributed by atoms with van der Waals surface area (Å²) in [5, 5.41) is 13.5. The Bertz CT molecular complexity index is 1030. The number of fused-ring (bicyclic) bond motifs is 1. The van der Waals surface area contributed by atoms with Crippen LogP contribution in [0.1, 0.15) is 29.9 Å². The minimum absolute atomic E-state index is 0.292. The maximum atomic E-state index is 12.5. The summed E-state index contributed by atoms with van der Waals surface area (Å²) in [5.74, 6) is -0.00504. The normalized spacial score (nSPS) is 23.3. The van der Waals surface area contributed by atoms with Gasteiger partial charge in [-0.3, -0.25) is 9.36 Å². The van der Waals surface area contributed by atoms with Crippen molar-refractivity contribution in [1.29, 1.82) is 0 Å². The van der Waals surface area contributed by atoms with Crippen LogP contribution in [-0.2, 0) is 14.2 Å². The lowest BCUT2D eigenvalue weighted by atomic mass is 10.1. The van der Waals surface area contributed by atoms with Gasteiger partial charge in [-0.1, -0.05) is 25.1 Å². The van der Waals surface area contributed by atoms with Crippen molar-refractivity contribution >= 4 is 22.9 Å². The zero-order chi connectivity index (χ0) is 21.8. The molecule has 3 aromatic rings. The van der Waals surface area contributed by atoms with Crippen LogP contribution in [0.25, 0.3) is 11.2 Å². The number of anilines is 1. The van der Waals surface area contributed by atoms with Crippen LogP contribution in [0.2, 0.25) is 0 Å². The molecule has 2 N–H and O–H groups in total. The number of amides is 1. The van der Waals surface area contributed by atoms with Gasteiger partial charge >= 0.3 is 0 Å². The van der Waals surface area contributed by atoms with Crippen LogP contribution >= 0.6 is 0 Å². The Kier molecular flexibility index (Phi) is 6.52. The van der Waals surface area contributed by atoms with Crippen LogP contribution in [-0.4, -0.2) is 69.2 Å². The van der Waals surface area contributed by atoms with E-state index in [0.717, 1.165) is 0 Å². The molecule has 1 aliphatic heterocycles. The van der Waals surface area contributed by atoms with Gasteiger partial charge in [0, 0.05) is 12.7 Å². The average Bonchev–Trinajstić information content (AvgIpc) is 3.36. The van der Waals surface area contributed by atoms with Crippen molar-refractivity contribution in [2.24, 2.45) is 0 Å². The largest absolute Gasteiger partial charge is 0.388 e. The van der Waals surface area contributed by atoms with E-state index >= 15 is 0 Å². The number of rotatable bonds is 8. The number of methoxy groups -OCH3 is 1. The third kappa shape index (κ3) is 4.28. The first-order valence-electron chi connectivity index (χ1n) is 10.1. The summed E-state index contributed by atoms with van der Waals surface area (Å²) in [6.07, 6.45) is 1.10. The smallest absolute Gasteiger partial charge is 0.256 e. The van der Waals surface area contributed by atoms with E-state index in [0.29, 0.717) is 42.2 Å². The van der Waals surface area contributed by atoms with Gasteiger partial charge in [0.15, 0.2) is 23.2 Å². The van der Waals surface area contributed by atoms with E-state index in [9.17, 15) is 9.90 Å². The average molecular weight is 427 g/mol. The van der Waals surface area contributed by atoms with Crippen LogP contribution < -0.4 is 5.32 Å². The van der Waals surface area contributed by atoms with Crippen LogP contribution in [0.4, 0.5) is 5.82 Å². The molecule has 4 rings (SSSR count). The monoisotopic (exact) mass is 427 g/mol. The van der Waals surface area contributed by atoms with Gasteiger partial charge in [-0.15, -0.1) is 0 Å². The molecule has 10 heteroatoms. The molecule has 1 fully saturated rings. The topological polar surface area (TPSA) is 121 Å². The van der Waals surface area contributed by atoms with E-state index in [-0.39, 0.29) is 12.0 Å². The second-order valence-corrected chi connectivity index (χ2v) is 7.16. The van der Waals surface area contributed by atoms with Crippen LogP contribution in [0, 0.1) is 0 Å². The molecule has 0 aliphatic carbocycles. The number of ether oxygens (including phenoxy) is 3. The number of carbonyl (C=O) groups is 1. The molecule has 1 amide bonds. The molecule has 0 radical (unpaired) electrons. The van der Waals surface area contributed by atoms with Crippen LogP contribution in [0.3, 0.4) is 0 Å². The minimum atomic E-state index is -0.802. The molecule has 10 nitrogen and oxygen atoms in total. The Morgan fingerprint density at radius 3 is 2.77 bits per heavy atom. The summed E-state index contributed by atoms with van der Waals surface area (Å²) in [6.45, 7) is 2.65. The molecule has 1 unspecified atom stereocenters. The van der Waals surface area contributed by atoms with E-state index in [1.165, 1.54) is 6.33 Å². The second kappa shape index (κ2) is 9.48. The van der Waals surface area contributed by atoms with Gasteiger partial charge in [0.1, 0.15) is 18.5 Å². The zero-order valence-corrected chi connectivity index (χ0v) is 17.3. The highest BCUT2D eigenvalue weighted by Gasteiger charge is 2.45. The molecule has 4 atom stereocenters. The number of nitrogens with one attached hydrogen (secondary N) is 1. The number of hydrogen-bond acceptors (Lipinski definition) is 8. The van der Waals surface area contributed by atoms with Crippen molar-refractivity contribution in [1.82, 2.24) is 19.5 Å². The van der Waals surface area contributed by atoms with Gasteiger partial charge in [0.05, 0.1) is 25.6 Å². The first kappa shape index (κ1) is 21.3. The molecule has 1 aliphatic rings. The molecule has 2 aromatic heterocycles. The summed E-state index contributed by atoms with van der Waals surface area (Å²) in [6, 6.07) is 8.84. The Morgan fingerprint density at radius 1 is 1.23 bits per heavy atom. The standard InChI is InChI=1S/C21H25N5O5/c1-3-14-16(27)17(30-10-9-29-2)21(31-14)26-12-24-15-18(22-11-23-19(15)26)25-20(28)13-7-5-4-6-8-13/h4-8,11-12,14,16-17,21,27H,3,9-10H2,1-2H3,(H,22,23,25,28)/t14-,16?,17+,21-/m1/s1. The first-order valence-corrected chi connectivity index (χ1v) is 10.1. The summed E-state index contributed by atoms with van der Waals surface area (Å²) in [7, 11) is 1.59. The third-order valence-corrected chi connectivity index (χ3v) is 5.21. The lowest BCUT2D eigenvalue weighted by Crippen LogP contribution is -2.34. The molecular formula is C21H25N5O5. The Morgan fingerprint density at radius 2 is 2.03 bits per heavy atom. The Balaban J connectivity index is 1.62. The van der Waals surface area contributed by atoms with Gasteiger partial charge in [0.2, 0.25) is 0 Å². The highest BCUT2D eigenvalue weighted by Crippen LogP contribution is 2.35. The van der Waals surface area contributed by atoms with Gasteiger partial charge in [-0.05, 0) is 18.6 Å². The fraction of sp³-hybridized carbons (Fsp3) is 0.429. The highest BCUT2D eigenvalue weighted by molar-refractivity contribution is 6.06. The lowest BCUT2D eigenvalue weighted by molar-refractivity contribution is -0.0765. The van der Waals surface area contributed by atoms with E-state index in [1.807, 2.05) is 13.0 Å². The van der Waals surface area contributed by atoms with E-state index in [4.69, 9.17) is 14.2 Å². The lowest BCUT2D eigenvalue weighted by Gasteiger charge is -2.22. The molecule has 0 saturated carbocycles. The van der Waals surface area contributed by atoms with Crippen molar-refractivity contribution in [2.75, 3.05) is 25.6 Å². The maximum absolute atomic E-state index is 12.5. The zero-order valence-electron chi connectivity index (χ0n) is 17.3. The Labute approximate surface area is 179 Å². The number of aliphatic hydroxyl groups is 1. The van der Waals surface area contributed by atoms with Crippen molar-refractivity contribution in [2.45, 2.75) is 37.9 Å².